The normalized spacial score (nSPS) is 10.4. The molecule has 2 aromatic rings. The predicted molar refractivity (Wildman–Crippen MR) is 83.4 cm³/mol. The molecule has 0 radical (unpaired) electrons. The topological polar surface area (TPSA) is 61.0 Å². The highest BCUT2D eigenvalue weighted by Gasteiger charge is 2.15. The number of hydrogen-bond donors (Lipinski definition) is 1. The van der Waals surface area contributed by atoms with Crippen molar-refractivity contribution >= 4 is 17.2 Å². The van der Waals surface area contributed by atoms with Crippen LogP contribution in [0.4, 0.5) is 0 Å². The second-order valence-electron chi connectivity index (χ2n) is 4.80. The van der Waals surface area contributed by atoms with Crippen molar-refractivity contribution in [1.29, 1.82) is 0 Å². The van der Waals surface area contributed by atoms with Gasteiger partial charge >= 0.3 is 0 Å². The molecular formula is C15H17N3OS. The van der Waals surface area contributed by atoms with Crippen molar-refractivity contribution in [1.82, 2.24) is 10.2 Å². The highest BCUT2D eigenvalue weighted by molar-refractivity contribution is 7.80. The van der Waals surface area contributed by atoms with Gasteiger partial charge in [-0.2, -0.15) is 5.10 Å². The first-order valence-corrected chi connectivity index (χ1v) is 6.69. The molecular weight excluding hydrogens is 270 g/mol. The van der Waals surface area contributed by atoms with E-state index in [1.807, 2.05) is 39.0 Å². The van der Waals surface area contributed by atoms with E-state index in [1.54, 1.807) is 0 Å². The van der Waals surface area contributed by atoms with Gasteiger partial charge in [0, 0.05) is 0 Å². The lowest BCUT2D eigenvalue weighted by atomic mass is 10.1. The summed E-state index contributed by atoms with van der Waals surface area (Å²) in [6.07, 6.45) is 0. The number of nitrogens with zero attached hydrogens (tertiary/aromatic N) is 2. The third-order valence-electron chi connectivity index (χ3n) is 3.36. The molecule has 1 heterocycles. The summed E-state index contributed by atoms with van der Waals surface area (Å²) in [6.45, 7) is 7.85. The summed E-state index contributed by atoms with van der Waals surface area (Å²) in [7, 11) is 0. The van der Waals surface area contributed by atoms with E-state index in [1.165, 1.54) is 5.56 Å². The minimum atomic E-state index is 0.263. The van der Waals surface area contributed by atoms with Gasteiger partial charge in [0.05, 0.1) is 11.3 Å². The van der Waals surface area contributed by atoms with Crippen LogP contribution in [0.15, 0.2) is 18.2 Å². The number of ether oxygens (including phenoxy) is 1. The fourth-order valence-electron chi connectivity index (χ4n) is 1.84. The summed E-state index contributed by atoms with van der Waals surface area (Å²) in [5.41, 5.74) is 10.5. The average molecular weight is 287 g/mol. The zero-order valence-electron chi connectivity index (χ0n) is 12.0. The summed E-state index contributed by atoms with van der Waals surface area (Å²) in [5, 5.41) is 8.14. The lowest BCUT2D eigenvalue weighted by Gasteiger charge is -2.13. The van der Waals surface area contributed by atoms with Crippen LogP contribution in [0.25, 0.3) is 0 Å². The Morgan fingerprint density at radius 3 is 2.40 bits per heavy atom. The van der Waals surface area contributed by atoms with E-state index >= 15 is 0 Å². The van der Waals surface area contributed by atoms with Gasteiger partial charge in [-0.15, -0.1) is 5.10 Å². The lowest BCUT2D eigenvalue weighted by molar-refractivity contribution is 0.452. The summed E-state index contributed by atoms with van der Waals surface area (Å²) in [4.78, 5) is 0.263. The molecule has 4 nitrogen and oxygen atoms in total. The average Bonchev–Trinajstić information content (AvgIpc) is 2.38. The number of hydrogen-bond acceptors (Lipinski definition) is 4. The second-order valence-corrected chi connectivity index (χ2v) is 5.24. The van der Waals surface area contributed by atoms with Crippen molar-refractivity contribution in [2.24, 2.45) is 5.73 Å². The molecule has 0 aliphatic carbocycles. The van der Waals surface area contributed by atoms with Gasteiger partial charge < -0.3 is 10.5 Å². The van der Waals surface area contributed by atoms with Crippen LogP contribution in [0.2, 0.25) is 0 Å². The van der Waals surface area contributed by atoms with E-state index in [2.05, 4.69) is 17.1 Å². The summed E-state index contributed by atoms with van der Waals surface area (Å²) in [5.74, 6) is 1.05. The smallest absolute Gasteiger partial charge is 0.249 e. The van der Waals surface area contributed by atoms with E-state index in [-0.39, 0.29) is 4.99 Å². The molecule has 20 heavy (non-hydrogen) atoms. The van der Waals surface area contributed by atoms with Crippen LogP contribution in [0.3, 0.4) is 0 Å². The molecule has 1 aromatic carbocycles. The van der Waals surface area contributed by atoms with E-state index in [4.69, 9.17) is 22.7 Å². The Kier molecular flexibility index (Phi) is 3.99. The molecule has 0 saturated carbocycles. The Hall–Kier alpha value is -2.01. The summed E-state index contributed by atoms with van der Waals surface area (Å²) in [6, 6.07) is 5.84. The minimum Gasteiger partial charge on any atom is -0.437 e. The number of rotatable bonds is 3. The quantitative estimate of drug-likeness (QED) is 0.879. The molecule has 0 atom stereocenters. The molecule has 0 aliphatic rings. The van der Waals surface area contributed by atoms with Crippen molar-refractivity contribution in [3.63, 3.8) is 0 Å². The van der Waals surface area contributed by atoms with Crippen molar-refractivity contribution < 1.29 is 4.74 Å². The van der Waals surface area contributed by atoms with Crippen LogP contribution in [-0.4, -0.2) is 15.2 Å². The van der Waals surface area contributed by atoms with Crippen LogP contribution in [0.5, 0.6) is 11.6 Å². The maximum Gasteiger partial charge on any atom is 0.249 e. The van der Waals surface area contributed by atoms with Gasteiger partial charge in [-0.25, -0.2) is 0 Å². The zero-order chi connectivity index (χ0) is 14.9. The maximum absolute atomic E-state index is 5.80. The predicted octanol–water partition coefficient (Wildman–Crippen LogP) is 3.14. The van der Waals surface area contributed by atoms with Gasteiger partial charge in [0.25, 0.3) is 0 Å². The standard InChI is InChI=1S/C15H17N3OS/c1-8-5-6-12(7-9(8)2)19-15-13(14(16)20)10(3)11(4)17-18-15/h5-7H,1-4H3,(H2,16,20). The third kappa shape index (κ3) is 2.77. The molecule has 0 bridgehead atoms. The first-order chi connectivity index (χ1) is 9.40. The van der Waals surface area contributed by atoms with Crippen molar-refractivity contribution in [2.45, 2.75) is 27.7 Å². The van der Waals surface area contributed by atoms with Crippen LogP contribution in [0, 0.1) is 27.7 Å². The van der Waals surface area contributed by atoms with Crippen LogP contribution in [-0.2, 0) is 0 Å². The minimum absolute atomic E-state index is 0.263. The first-order valence-electron chi connectivity index (χ1n) is 6.29. The maximum atomic E-state index is 5.80. The van der Waals surface area contributed by atoms with Crippen molar-refractivity contribution in [3.05, 3.63) is 46.1 Å². The van der Waals surface area contributed by atoms with Crippen LogP contribution < -0.4 is 10.5 Å². The van der Waals surface area contributed by atoms with Gasteiger partial charge in [0.1, 0.15) is 10.7 Å². The van der Waals surface area contributed by atoms with Crippen molar-refractivity contribution in [3.8, 4) is 11.6 Å². The van der Waals surface area contributed by atoms with Crippen LogP contribution in [0.1, 0.15) is 27.9 Å². The Morgan fingerprint density at radius 1 is 1.10 bits per heavy atom. The van der Waals surface area contributed by atoms with Gasteiger partial charge in [-0.05, 0) is 56.5 Å². The molecule has 2 N–H and O–H groups in total. The fourth-order valence-corrected chi connectivity index (χ4v) is 2.08. The highest BCUT2D eigenvalue weighted by Crippen LogP contribution is 2.27. The fraction of sp³-hybridized carbons (Fsp3) is 0.267. The molecule has 0 aliphatic heterocycles. The number of aromatic nitrogens is 2. The van der Waals surface area contributed by atoms with Gasteiger partial charge in [0.15, 0.2) is 0 Å². The summed E-state index contributed by atoms with van der Waals surface area (Å²) >= 11 is 5.09. The number of nitrogens with two attached hydrogens (primary N) is 1. The second kappa shape index (κ2) is 5.54. The largest absolute Gasteiger partial charge is 0.437 e. The molecule has 2 rings (SSSR count). The Morgan fingerprint density at radius 2 is 1.80 bits per heavy atom. The number of benzene rings is 1. The van der Waals surface area contributed by atoms with Gasteiger partial charge in [-0.1, -0.05) is 18.3 Å². The monoisotopic (exact) mass is 287 g/mol. The van der Waals surface area contributed by atoms with E-state index in [0.717, 1.165) is 16.8 Å². The molecule has 5 heteroatoms. The SMILES string of the molecule is Cc1ccc(Oc2nnc(C)c(C)c2C(N)=S)cc1C. The van der Waals surface area contributed by atoms with E-state index < -0.39 is 0 Å². The molecule has 0 amide bonds. The number of aryl methyl sites for hydroxylation is 3. The first kappa shape index (κ1) is 14.4. The van der Waals surface area contributed by atoms with Gasteiger partial charge in [-0.3, -0.25) is 0 Å². The van der Waals surface area contributed by atoms with Gasteiger partial charge in [0.2, 0.25) is 5.88 Å². The third-order valence-corrected chi connectivity index (χ3v) is 3.57. The zero-order valence-corrected chi connectivity index (χ0v) is 12.8. The summed E-state index contributed by atoms with van der Waals surface area (Å²) < 4.78 is 5.80. The molecule has 0 unspecified atom stereocenters. The Balaban J connectivity index is 2.45. The van der Waals surface area contributed by atoms with E-state index in [9.17, 15) is 0 Å². The highest BCUT2D eigenvalue weighted by atomic mass is 32.1. The molecule has 1 aromatic heterocycles. The Labute approximate surface area is 124 Å². The molecule has 104 valence electrons. The number of thiocarbonyl (C=S) groups is 1. The molecule has 0 spiro atoms. The lowest BCUT2D eigenvalue weighted by Crippen LogP contribution is -2.15. The molecule has 0 fully saturated rings. The molecule has 0 saturated heterocycles. The van der Waals surface area contributed by atoms with Crippen molar-refractivity contribution in [2.75, 3.05) is 0 Å². The van der Waals surface area contributed by atoms with Crippen LogP contribution >= 0.6 is 12.2 Å². The van der Waals surface area contributed by atoms with E-state index in [0.29, 0.717) is 17.2 Å². The Bertz CT molecular complexity index is 683.